The number of thioether (sulfide) groups is 1. The molecule has 0 aromatic heterocycles. The number of benzene rings is 2. The van der Waals surface area contributed by atoms with Gasteiger partial charge in [-0.25, -0.2) is 4.79 Å². The quantitative estimate of drug-likeness (QED) is 0.613. The Morgan fingerprint density at radius 2 is 1.88 bits per heavy atom. The number of thiocarbonyl (C=S) groups is 1. The van der Waals surface area contributed by atoms with Crippen molar-refractivity contribution in [1.29, 1.82) is 0 Å². The molecule has 1 aliphatic rings. The zero-order chi connectivity index (χ0) is 18.7. The smallest absolute Gasteiger partial charge is 0.339 e. The van der Waals surface area contributed by atoms with Gasteiger partial charge in [0.05, 0.1) is 10.6 Å². The first-order chi connectivity index (χ1) is 12.5. The molecule has 0 unspecified atom stereocenters. The Bertz CT molecular complexity index is 951. The highest BCUT2D eigenvalue weighted by molar-refractivity contribution is 8.27. The van der Waals surface area contributed by atoms with Crippen LogP contribution < -0.4 is 4.90 Å². The lowest BCUT2D eigenvalue weighted by atomic mass is 10.1. The van der Waals surface area contributed by atoms with E-state index in [2.05, 4.69) is 0 Å². The summed E-state index contributed by atoms with van der Waals surface area (Å²) in [6.07, 6.45) is 5.32. The Balaban J connectivity index is 1.83. The summed E-state index contributed by atoms with van der Waals surface area (Å²) in [7, 11) is 0. The van der Waals surface area contributed by atoms with E-state index in [9.17, 15) is 14.7 Å². The van der Waals surface area contributed by atoms with Crippen LogP contribution in [-0.2, 0) is 4.79 Å². The molecule has 1 aliphatic heterocycles. The minimum Gasteiger partial charge on any atom is -0.507 e. The molecule has 3 rings (SSSR count). The molecule has 1 amide bonds. The lowest BCUT2D eigenvalue weighted by Crippen LogP contribution is -2.27. The Kier molecular flexibility index (Phi) is 5.20. The van der Waals surface area contributed by atoms with E-state index < -0.39 is 11.7 Å². The maximum atomic E-state index is 12.6. The van der Waals surface area contributed by atoms with Crippen LogP contribution in [0, 0.1) is 0 Å². The van der Waals surface area contributed by atoms with Gasteiger partial charge in [0.15, 0.2) is 4.32 Å². The number of carboxylic acid groups (broad SMARTS) is 1. The summed E-state index contributed by atoms with van der Waals surface area (Å²) >= 11 is 6.40. The van der Waals surface area contributed by atoms with Crippen molar-refractivity contribution in [2.45, 2.75) is 0 Å². The number of amides is 1. The van der Waals surface area contributed by atoms with Gasteiger partial charge in [-0.2, -0.15) is 0 Å². The fourth-order valence-electron chi connectivity index (χ4n) is 2.36. The molecular formula is C19H13NO4S2. The molecule has 0 aliphatic carbocycles. The van der Waals surface area contributed by atoms with E-state index in [0.717, 1.165) is 17.3 Å². The molecular weight excluding hydrogens is 370 g/mol. The van der Waals surface area contributed by atoms with Gasteiger partial charge in [0, 0.05) is 6.07 Å². The number of hydrogen-bond donors (Lipinski definition) is 2. The molecule has 0 spiro atoms. The Labute approximate surface area is 159 Å². The minimum absolute atomic E-state index is 0.236. The second-order valence-electron chi connectivity index (χ2n) is 5.32. The molecule has 2 aromatic carbocycles. The molecule has 0 radical (unpaired) electrons. The summed E-state index contributed by atoms with van der Waals surface area (Å²) in [5, 5.41) is 18.8. The zero-order valence-corrected chi connectivity index (χ0v) is 15.0. The van der Waals surface area contributed by atoms with Crippen LogP contribution in [-0.4, -0.2) is 26.4 Å². The number of carbonyl (C=O) groups excluding carboxylic acids is 1. The van der Waals surface area contributed by atoms with Crippen molar-refractivity contribution in [2.75, 3.05) is 4.90 Å². The van der Waals surface area contributed by atoms with Gasteiger partial charge >= 0.3 is 5.97 Å². The first-order valence-electron chi connectivity index (χ1n) is 7.53. The zero-order valence-electron chi connectivity index (χ0n) is 13.3. The molecule has 7 heteroatoms. The van der Waals surface area contributed by atoms with Crippen LogP contribution >= 0.6 is 24.0 Å². The fourth-order valence-corrected chi connectivity index (χ4v) is 3.61. The fraction of sp³-hybridized carbons (Fsp3) is 0. The molecule has 0 atom stereocenters. The first kappa shape index (κ1) is 17.9. The third kappa shape index (κ3) is 3.68. The second-order valence-corrected chi connectivity index (χ2v) is 6.99. The van der Waals surface area contributed by atoms with Crippen molar-refractivity contribution in [1.82, 2.24) is 0 Å². The van der Waals surface area contributed by atoms with E-state index in [-0.39, 0.29) is 11.5 Å². The maximum absolute atomic E-state index is 12.6. The molecule has 1 heterocycles. The number of aromatic carboxylic acids is 1. The summed E-state index contributed by atoms with van der Waals surface area (Å²) in [6.45, 7) is 0. The summed E-state index contributed by atoms with van der Waals surface area (Å²) < 4.78 is 0.317. The SMILES string of the molecule is O=C(O)c1ccc(N2C(=O)/C(=C\C=C/c3ccccc3)SC2=S)cc1O. The molecule has 26 heavy (non-hydrogen) atoms. The summed E-state index contributed by atoms with van der Waals surface area (Å²) in [5.41, 5.74) is 1.10. The van der Waals surface area contributed by atoms with E-state index in [1.54, 1.807) is 12.2 Å². The van der Waals surface area contributed by atoms with Crippen molar-refractivity contribution in [3.8, 4) is 5.75 Å². The van der Waals surface area contributed by atoms with Crippen molar-refractivity contribution in [3.05, 3.63) is 76.7 Å². The monoisotopic (exact) mass is 383 g/mol. The first-order valence-corrected chi connectivity index (χ1v) is 8.76. The van der Waals surface area contributed by atoms with Gasteiger partial charge in [-0.1, -0.05) is 66.5 Å². The number of carbonyl (C=O) groups is 2. The van der Waals surface area contributed by atoms with Gasteiger partial charge < -0.3 is 10.2 Å². The van der Waals surface area contributed by atoms with Gasteiger partial charge in [0.1, 0.15) is 11.3 Å². The molecule has 1 saturated heterocycles. The molecule has 5 nitrogen and oxygen atoms in total. The molecule has 1 fully saturated rings. The van der Waals surface area contributed by atoms with Crippen LogP contribution in [0.15, 0.2) is 65.6 Å². The Morgan fingerprint density at radius 1 is 1.15 bits per heavy atom. The number of allylic oxidation sites excluding steroid dienone is 2. The predicted octanol–water partition coefficient (Wildman–Crippen LogP) is 4.05. The van der Waals surface area contributed by atoms with E-state index in [1.165, 1.54) is 23.1 Å². The van der Waals surface area contributed by atoms with Crippen LogP contribution in [0.4, 0.5) is 5.69 Å². The minimum atomic E-state index is -1.25. The van der Waals surface area contributed by atoms with Crippen molar-refractivity contribution >= 4 is 51.9 Å². The predicted molar refractivity (Wildman–Crippen MR) is 106 cm³/mol. The largest absolute Gasteiger partial charge is 0.507 e. The Morgan fingerprint density at radius 3 is 2.54 bits per heavy atom. The normalized spacial score (nSPS) is 16.0. The average molecular weight is 383 g/mol. The van der Waals surface area contributed by atoms with Gasteiger partial charge in [-0.15, -0.1) is 0 Å². The van der Waals surface area contributed by atoms with Gasteiger partial charge in [-0.05, 0) is 23.8 Å². The lowest BCUT2D eigenvalue weighted by molar-refractivity contribution is -0.113. The number of aromatic hydroxyl groups is 1. The standard InChI is InChI=1S/C19H13NO4S2/c21-15-11-13(9-10-14(15)18(23)24)20-17(22)16(26-19(20)25)8-4-7-12-5-2-1-3-6-12/h1-11,21H,(H,23,24)/b7-4-,16-8+. The highest BCUT2D eigenvalue weighted by atomic mass is 32.2. The Hall–Kier alpha value is -2.90. The third-order valence-electron chi connectivity index (χ3n) is 3.60. The number of rotatable bonds is 4. The van der Waals surface area contributed by atoms with Gasteiger partial charge in [-0.3, -0.25) is 9.69 Å². The van der Waals surface area contributed by atoms with Crippen LogP contribution in [0.2, 0.25) is 0 Å². The highest BCUT2D eigenvalue weighted by Crippen LogP contribution is 2.36. The van der Waals surface area contributed by atoms with Crippen LogP contribution in [0.1, 0.15) is 15.9 Å². The van der Waals surface area contributed by atoms with Gasteiger partial charge in [0.25, 0.3) is 5.91 Å². The number of nitrogens with zero attached hydrogens (tertiary/aromatic N) is 1. The number of anilines is 1. The molecule has 2 N–H and O–H groups in total. The molecule has 130 valence electrons. The van der Waals surface area contributed by atoms with Crippen LogP contribution in [0.25, 0.3) is 6.08 Å². The van der Waals surface area contributed by atoms with Crippen LogP contribution in [0.3, 0.4) is 0 Å². The molecule has 2 aromatic rings. The number of hydrogen-bond acceptors (Lipinski definition) is 5. The number of phenols is 1. The van der Waals surface area contributed by atoms with E-state index in [0.29, 0.717) is 14.9 Å². The highest BCUT2D eigenvalue weighted by Gasteiger charge is 2.33. The van der Waals surface area contributed by atoms with E-state index in [1.807, 2.05) is 36.4 Å². The summed E-state index contributed by atoms with van der Waals surface area (Å²) in [5.74, 6) is -1.98. The third-order valence-corrected chi connectivity index (χ3v) is 4.92. The average Bonchev–Trinajstić information content (AvgIpc) is 2.89. The lowest BCUT2D eigenvalue weighted by Gasteiger charge is -2.15. The van der Waals surface area contributed by atoms with E-state index >= 15 is 0 Å². The van der Waals surface area contributed by atoms with Crippen molar-refractivity contribution in [3.63, 3.8) is 0 Å². The van der Waals surface area contributed by atoms with E-state index in [4.69, 9.17) is 17.3 Å². The number of carboxylic acids is 1. The molecule has 0 bridgehead atoms. The van der Waals surface area contributed by atoms with Crippen molar-refractivity contribution in [2.24, 2.45) is 0 Å². The maximum Gasteiger partial charge on any atom is 0.339 e. The topological polar surface area (TPSA) is 77.8 Å². The second kappa shape index (κ2) is 7.55. The summed E-state index contributed by atoms with van der Waals surface area (Å²) in [6, 6.07) is 13.6. The molecule has 0 saturated carbocycles. The summed E-state index contributed by atoms with van der Waals surface area (Å²) in [4.78, 5) is 25.3. The van der Waals surface area contributed by atoms with Crippen molar-refractivity contribution < 1.29 is 19.8 Å². The van der Waals surface area contributed by atoms with Gasteiger partial charge in [0.2, 0.25) is 0 Å². The van der Waals surface area contributed by atoms with Crippen LogP contribution in [0.5, 0.6) is 5.75 Å².